The summed E-state index contributed by atoms with van der Waals surface area (Å²) in [5.74, 6) is -0.380. The van der Waals surface area contributed by atoms with Crippen LogP contribution < -0.4 is 11.1 Å². The fourth-order valence-corrected chi connectivity index (χ4v) is 2.28. The minimum Gasteiger partial charge on any atom is -0.368 e. The molecule has 20 heavy (non-hydrogen) atoms. The fourth-order valence-electron chi connectivity index (χ4n) is 2.28. The zero-order chi connectivity index (χ0) is 14.8. The van der Waals surface area contributed by atoms with Crippen molar-refractivity contribution in [2.45, 2.75) is 31.7 Å². The Labute approximate surface area is 119 Å². The molecule has 0 spiro atoms. The van der Waals surface area contributed by atoms with Gasteiger partial charge in [-0.2, -0.15) is 0 Å². The Morgan fingerprint density at radius 1 is 1.45 bits per heavy atom. The summed E-state index contributed by atoms with van der Waals surface area (Å²) in [5, 5.41) is 6.73. The van der Waals surface area contributed by atoms with E-state index in [1.807, 2.05) is 37.3 Å². The van der Waals surface area contributed by atoms with Crippen LogP contribution in [0, 0.1) is 0 Å². The number of carbonyl (C=O) groups excluding carboxylic acids is 1. The highest BCUT2D eigenvalue weighted by molar-refractivity contribution is 5.86. The maximum atomic E-state index is 12.0. The summed E-state index contributed by atoms with van der Waals surface area (Å²) >= 11 is 0. The molecule has 0 aliphatic rings. The molecule has 6 nitrogen and oxygen atoms in total. The molecule has 0 saturated carbocycles. The van der Waals surface area contributed by atoms with E-state index in [4.69, 9.17) is 11.3 Å². The number of nitrogens with zero attached hydrogens (tertiary/aromatic N) is 3. The van der Waals surface area contributed by atoms with Crippen molar-refractivity contribution in [2.24, 2.45) is 10.8 Å². The van der Waals surface area contributed by atoms with E-state index in [0.29, 0.717) is 25.9 Å². The minimum absolute atomic E-state index is 0.380. The van der Waals surface area contributed by atoms with Crippen LogP contribution in [0.2, 0.25) is 0 Å². The predicted molar refractivity (Wildman–Crippen MR) is 78.9 cm³/mol. The van der Waals surface area contributed by atoms with Crippen LogP contribution >= 0.6 is 0 Å². The van der Waals surface area contributed by atoms with Crippen LogP contribution in [-0.2, 0) is 10.3 Å². The molecule has 1 rings (SSSR count). The number of hydrogen-bond donors (Lipinski definition) is 2. The molecule has 0 fully saturated rings. The average molecular weight is 275 g/mol. The molecule has 0 saturated heterocycles. The molecule has 0 aliphatic heterocycles. The first-order valence-corrected chi connectivity index (χ1v) is 6.78. The minimum atomic E-state index is -0.855. The lowest BCUT2D eigenvalue weighted by Crippen LogP contribution is -2.53. The molecule has 1 unspecified atom stereocenters. The van der Waals surface area contributed by atoms with Gasteiger partial charge in [0.05, 0.1) is 0 Å². The van der Waals surface area contributed by atoms with Gasteiger partial charge in [0.1, 0.15) is 5.54 Å². The second kappa shape index (κ2) is 8.19. The zero-order valence-corrected chi connectivity index (χ0v) is 11.7. The Balaban J connectivity index is 2.88. The molecule has 108 valence electrons. The number of benzene rings is 1. The summed E-state index contributed by atoms with van der Waals surface area (Å²) in [6, 6.07) is 9.50. The largest absolute Gasteiger partial charge is 0.368 e. The van der Waals surface area contributed by atoms with E-state index in [1.54, 1.807) is 0 Å². The van der Waals surface area contributed by atoms with Gasteiger partial charge in [0.15, 0.2) is 0 Å². The van der Waals surface area contributed by atoms with E-state index >= 15 is 0 Å². The normalized spacial score (nSPS) is 13.2. The van der Waals surface area contributed by atoms with Crippen molar-refractivity contribution in [3.63, 3.8) is 0 Å². The van der Waals surface area contributed by atoms with Crippen LogP contribution in [0.5, 0.6) is 0 Å². The second-order valence-electron chi connectivity index (χ2n) is 4.62. The van der Waals surface area contributed by atoms with Crippen molar-refractivity contribution in [1.29, 1.82) is 0 Å². The molecule has 1 aromatic carbocycles. The highest BCUT2D eigenvalue weighted by Crippen LogP contribution is 2.26. The Morgan fingerprint density at radius 3 is 2.70 bits per heavy atom. The standard InChI is InChI=1S/C14H21N5O/c1-2-9-14(13(15)20,12-7-4-3-5-8-12)17-10-6-11-18-19-16/h3-5,7-8,17H,2,6,9-11H2,1H3,(H2,15,20). The number of nitrogens with one attached hydrogen (secondary N) is 1. The highest BCUT2D eigenvalue weighted by atomic mass is 16.1. The molecule has 0 radical (unpaired) electrons. The van der Waals surface area contributed by atoms with Crippen molar-refractivity contribution in [3.05, 3.63) is 46.3 Å². The van der Waals surface area contributed by atoms with Crippen molar-refractivity contribution in [1.82, 2.24) is 5.32 Å². The van der Waals surface area contributed by atoms with Gasteiger partial charge in [-0.25, -0.2) is 0 Å². The highest BCUT2D eigenvalue weighted by Gasteiger charge is 2.36. The quantitative estimate of drug-likeness (QED) is 0.313. The fraction of sp³-hybridized carbons (Fsp3) is 0.500. The number of primary amides is 1. The molecule has 3 N–H and O–H groups in total. The summed E-state index contributed by atoms with van der Waals surface area (Å²) in [7, 11) is 0. The van der Waals surface area contributed by atoms with Gasteiger partial charge in [-0.3, -0.25) is 10.1 Å². The number of nitrogens with two attached hydrogens (primary N) is 1. The molecule has 1 amide bonds. The maximum absolute atomic E-state index is 12.0. The van der Waals surface area contributed by atoms with Gasteiger partial charge in [0, 0.05) is 11.5 Å². The second-order valence-corrected chi connectivity index (χ2v) is 4.62. The average Bonchev–Trinajstić information content (AvgIpc) is 2.46. The number of carbonyl (C=O) groups is 1. The van der Waals surface area contributed by atoms with Gasteiger partial charge in [-0.15, -0.1) is 0 Å². The van der Waals surface area contributed by atoms with E-state index in [-0.39, 0.29) is 5.91 Å². The summed E-state index contributed by atoms with van der Waals surface area (Å²) < 4.78 is 0. The molecule has 0 aliphatic carbocycles. The topological polar surface area (TPSA) is 104 Å². The van der Waals surface area contributed by atoms with Gasteiger partial charge < -0.3 is 5.73 Å². The van der Waals surface area contributed by atoms with E-state index < -0.39 is 5.54 Å². The number of rotatable bonds is 9. The first-order chi connectivity index (χ1) is 9.67. The number of azide groups is 1. The molecule has 1 atom stereocenters. The van der Waals surface area contributed by atoms with E-state index in [2.05, 4.69) is 15.3 Å². The number of amides is 1. The van der Waals surface area contributed by atoms with Crippen LogP contribution in [0.1, 0.15) is 31.7 Å². The molecule has 0 bridgehead atoms. The third-order valence-electron chi connectivity index (χ3n) is 3.24. The van der Waals surface area contributed by atoms with Gasteiger partial charge in [-0.1, -0.05) is 48.8 Å². The Hall–Kier alpha value is -2.04. The van der Waals surface area contributed by atoms with Crippen molar-refractivity contribution in [3.8, 4) is 0 Å². The first kappa shape index (κ1) is 16.0. The van der Waals surface area contributed by atoms with E-state index in [0.717, 1.165) is 12.0 Å². The Kier molecular flexibility index (Phi) is 6.56. The van der Waals surface area contributed by atoms with Gasteiger partial charge in [0.2, 0.25) is 5.91 Å². The van der Waals surface area contributed by atoms with Crippen LogP contribution in [-0.4, -0.2) is 19.0 Å². The Bertz CT molecular complexity index is 470. The van der Waals surface area contributed by atoms with Crippen LogP contribution in [0.15, 0.2) is 35.4 Å². The maximum Gasteiger partial charge on any atom is 0.242 e. The lowest BCUT2D eigenvalue weighted by Gasteiger charge is -2.32. The predicted octanol–water partition coefficient (Wildman–Crippen LogP) is 2.46. The molecular formula is C14H21N5O. The van der Waals surface area contributed by atoms with E-state index in [9.17, 15) is 4.79 Å². The van der Waals surface area contributed by atoms with Gasteiger partial charge >= 0.3 is 0 Å². The molecule has 0 heterocycles. The van der Waals surface area contributed by atoms with Crippen molar-refractivity contribution < 1.29 is 4.79 Å². The zero-order valence-electron chi connectivity index (χ0n) is 11.7. The lowest BCUT2D eigenvalue weighted by molar-refractivity contribution is -0.125. The first-order valence-electron chi connectivity index (χ1n) is 6.78. The van der Waals surface area contributed by atoms with Gasteiger partial charge in [0.25, 0.3) is 0 Å². The molecule has 1 aromatic rings. The Morgan fingerprint density at radius 2 is 2.15 bits per heavy atom. The SMILES string of the molecule is CCCC(NCCCN=[N+]=[N-])(C(N)=O)c1ccccc1. The van der Waals surface area contributed by atoms with Gasteiger partial charge in [-0.05, 0) is 30.5 Å². The lowest BCUT2D eigenvalue weighted by atomic mass is 9.84. The van der Waals surface area contributed by atoms with Crippen molar-refractivity contribution >= 4 is 5.91 Å². The van der Waals surface area contributed by atoms with Crippen LogP contribution in [0.25, 0.3) is 10.4 Å². The van der Waals surface area contributed by atoms with E-state index in [1.165, 1.54) is 0 Å². The molecule has 6 heteroatoms. The smallest absolute Gasteiger partial charge is 0.242 e. The monoisotopic (exact) mass is 275 g/mol. The van der Waals surface area contributed by atoms with Crippen molar-refractivity contribution in [2.75, 3.05) is 13.1 Å². The third kappa shape index (κ3) is 3.98. The summed E-state index contributed by atoms with van der Waals surface area (Å²) in [6.45, 7) is 2.98. The van der Waals surface area contributed by atoms with Crippen LogP contribution in [0.3, 0.4) is 0 Å². The summed E-state index contributed by atoms with van der Waals surface area (Å²) in [4.78, 5) is 14.7. The van der Waals surface area contributed by atoms with Crippen LogP contribution in [0.4, 0.5) is 0 Å². The summed E-state index contributed by atoms with van der Waals surface area (Å²) in [5.41, 5.74) is 13.9. The summed E-state index contributed by atoms with van der Waals surface area (Å²) in [6.07, 6.45) is 2.13. The molecule has 0 aromatic heterocycles. The third-order valence-corrected chi connectivity index (χ3v) is 3.24. The molecular weight excluding hydrogens is 254 g/mol. The number of hydrogen-bond acceptors (Lipinski definition) is 3.